The molecule has 0 fully saturated rings. The summed E-state index contributed by atoms with van der Waals surface area (Å²) < 4.78 is 1.75. The van der Waals surface area contributed by atoms with Crippen molar-refractivity contribution in [2.45, 2.75) is 26.8 Å². The zero-order valence-corrected chi connectivity index (χ0v) is 7.49. The third-order valence-corrected chi connectivity index (χ3v) is 1.75. The second kappa shape index (κ2) is 3.91. The minimum absolute atomic E-state index is 0.649. The average Bonchev–Trinajstić information content (AvgIpc) is 2.47. The van der Waals surface area contributed by atoms with Crippen LogP contribution in [0.3, 0.4) is 0 Å². The summed E-state index contributed by atoms with van der Waals surface area (Å²) in [4.78, 5) is 0. The van der Waals surface area contributed by atoms with Gasteiger partial charge in [-0.05, 0) is 18.4 Å². The van der Waals surface area contributed by atoms with Crippen molar-refractivity contribution in [2.24, 2.45) is 5.92 Å². The van der Waals surface area contributed by atoms with E-state index in [9.17, 15) is 0 Å². The summed E-state index contributed by atoms with van der Waals surface area (Å²) in [6.45, 7) is 5.17. The van der Waals surface area contributed by atoms with Crippen molar-refractivity contribution in [1.29, 1.82) is 5.26 Å². The number of nitrogens with zero attached hydrogens (tertiary/aromatic N) is 3. The fraction of sp³-hybridized carbons (Fsp3) is 0.556. The van der Waals surface area contributed by atoms with Crippen molar-refractivity contribution in [3.63, 3.8) is 0 Å². The molecule has 0 aliphatic rings. The Kier molecular flexibility index (Phi) is 2.87. The summed E-state index contributed by atoms with van der Waals surface area (Å²) in [5.41, 5.74) is 0.649. The van der Waals surface area contributed by atoms with Crippen molar-refractivity contribution in [3.8, 4) is 6.07 Å². The lowest BCUT2D eigenvalue weighted by Crippen LogP contribution is -2.05. The van der Waals surface area contributed by atoms with E-state index in [1.54, 1.807) is 16.9 Å². The Balaban J connectivity index is 2.58. The topological polar surface area (TPSA) is 41.6 Å². The van der Waals surface area contributed by atoms with Crippen LogP contribution in [0.1, 0.15) is 26.0 Å². The molecule has 3 nitrogen and oxygen atoms in total. The predicted octanol–water partition coefficient (Wildman–Crippen LogP) is 1.80. The lowest BCUT2D eigenvalue weighted by atomic mass is 10.1. The average molecular weight is 163 g/mol. The van der Waals surface area contributed by atoms with Crippen LogP contribution in [0, 0.1) is 17.2 Å². The Morgan fingerprint density at radius 1 is 1.67 bits per heavy atom. The van der Waals surface area contributed by atoms with Crippen molar-refractivity contribution >= 4 is 0 Å². The number of rotatable bonds is 3. The number of aryl methyl sites for hydroxylation is 1. The Morgan fingerprint density at radius 2 is 2.42 bits per heavy atom. The predicted molar refractivity (Wildman–Crippen MR) is 46.4 cm³/mol. The number of hydrogen-bond donors (Lipinski definition) is 0. The van der Waals surface area contributed by atoms with E-state index in [2.05, 4.69) is 25.0 Å². The van der Waals surface area contributed by atoms with Gasteiger partial charge >= 0.3 is 0 Å². The SMILES string of the molecule is CC(C)CCn1nccc1C#N. The highest BCUT2D eigenvalue weighted by atomic mass is 15.3. The van der Waals surface area contributed by atoms with Gasteiger partial charge in [-0.2, -0.15) is 10.4 Å². The van der Waals surface area contributed by atoms with Gasteiger partial charge in [-0.15, -0.1) is 0 Å². The first-order valence-electron chi connectivity index (χ1n) is 4.16. The minimum atomic E-state index is 0.649. The quantitative estimate of drug-likeness (QED) is 0.681. The lowest BCUT2D eigenvalue weighted by Gasteiger charge is -2.04. The highest BCUT2D eigenvalue weighted by Crippen LogP contribution is 2.04. The van der Waals surface area contributed by atoms with Crippen molar-refractivity contribution < 1.29 is 0 Å². The van der Waals surface area contributed by atoms with Crippen LogP contribution in [0.5, 0.6) is 0 Å². The maximum atomic E-state index is 8.66. The molecule has 0 unspecified atom stereocenters. The highest BCUT2D eigenvalue weighted by molar-refractivity contribution is 5.18. The van der Waals surface area contributed by atoms with Crippen LogP contribution < -0.4 is 0 Å². The summed E-state index contributed by atoms with van der Waals surface area (Å²) in [6, 6.07) is 3.84. The maximum absolute atomic E-state index is 8.66. The van der Waals surface area contributed by atoms with Crippen LogP contribution in [-0.2, 0) is 6.54 Å². The first kappa shape index (κ1) is 8.79. The molecule has 0 N–H and O–H groups in total. The van der Waals surface area contributed by atoms with Gasteiger partial charge in [0.2, 0.25) is 0 Å². The molecular formula is C9H13N3. The van der Waals surface area contributed by atoms with Gasteiger partial charge in [0.05, 0.1) is 6.20 Å². The zero-order valence-electron chi connectivity index (χ0n) is 7.49. The van der Waals surface area contributed by atoms with Gasteiger partial charge in [-0.3, -0.25) is 4.68 Å². The summed E-state index contributed by atoms with van der Waals surface area (Å²) >= 11 is 0. The van der Waals surface area contributed by atoms with E-state index in [1.807, 2.05) is 0 Å². The second-order valence-electron chi connectivity index (χ2n) is 3.23. The van der Waals surface area contributed by atoms with Gasteiger partial charge in [-0.1, -0.05) is 13.8 Å². The molecule has 0 aliphatic heterocycles. The first-order valence-corrected chi connectivity index (χ1v) is 4.16. The molecule has 0 saturated carbocycles. The standard InChI is InChI=1S/C9H13N3/c1-8(2)4-6-12-9(7-10)3-5-11-12/h3,5,8H,4,6H2,1-2H3. The zero-order chi connectivity index (χ0) is 8.97. The van der Waals surface area contributed by atoms with Gasteiger partial charge < -0.3 is 0 Å². The van der Waals surface area contributed by atoms with Crippen molar-refractivity contribution in [3.05, 3.63) is 18.0 Å². The van der Waals surface area contributed by atoms with Gasteiger partial charge in [0.1, 0.15) is 11.8 Å². The van der Waals surface area contributed by atoms with Gasteiger partial charge in [0.15, 0.2) is 0 Å². The second-order valence-corrected chi connectivity index (χ2v) is 3.23. The monoisotopic (exact) mass is 163 g/mol. The Hall–Kier alpha value is -1.30. The fourth-order valence-corrected chi connectivity index (χ4v) is 0.986. The summed E-state index contributed by atoms with van der Waals surface area (Å²) in [5.74, 6) is 0.653. The smallest absolute Gasteiger partial charge is 0.138 e. The van der Waals surface area contributed by atoms with Gasteiger partial charge in [0.25, 0.3) is 0 Å². The van der Waals surface area contributed by atoms with E-state index in [-0.39, 0.29) is 0 Å². The molecule has 0 atom stereocenters. The van der Waals surface area contributed by atoms with E-state index in [1.165, 1.54) is 0 Å². The molecule has 0 aromatic carbocycles. The molecule has 3 heteroatoms. The Bertz CT molecular complexity index is 280. The normalized spacial score (nSPS) is 10.2. The van der Waals surface area contributed by atoms with E-state index < -0.39 is 0 Å². The van der Waals surface area contributed by atoms with E-state index in [0.29, 0.717) is 11.6 Å². The molecule has 1 aromatic rings. The number of aromatic nitrogens is 2. The van der Waals surface area contributed by atoms with E-state index in [4.69, 9.17) is 5.26 Å². The molecular weight excluding hydrogens is 150 g/mol. The highest BCUT2D eigenvalue weighted by Gasteiger charge is 2.01. The van der Waals surface area contributed by atoms with Crippen LogP contribution in [-0.4, -0.2) is 9.78 Å². The Morgan fingerprint density at radius 3 is 3.00 bits per heavy atom. The molecule has 0 saturated heterocycles. The molecule has 1 heterocycles. The van der Waals surface area contributed by atoms with E-state index >= 15 is 0 Å². The van der Waals surface area contributed by atoms with Gasteiger partial charge in [0, 0.05) is 6.54 Å². The summed E-state index contributed by atoms with van der Waals surface area (Å²) in [5, 5.41) is 12.7. The van der Waals surface area contributed by atoms with Crippen LogP contribution in [0.25, 0.3) is 0 Å². The molecule has 0 aliphatic carbocycles. The minimum Gasteiger partial charge on any atom is -0.255 e. The van der Waals surface area contributed by atoms with Crippen molar-refractivity contribution in [2.75, 3.05) is 0 Å². The molecule has 1 aromatic heterocycles. The van der Waals surface area contributed by atoms with E-state index in [0.717, 1.165) is 13.0 Å². The van der Waals surface area contributed by atoms with Crippen LogP contribution in [0.15, 0.2) is 12.3 Å². The third kappa shape index (κ3) is 2.09. The third-order valence-electron chi connectivity index (χ3n) is 1.75. The van der Waals surface area contributed by atoms with Crippen LogP contribution in [0.2, 0.25) is 0 Å². The molecule has 0 radical (unpaired) electrons. The Labute approximate surface area is 72.6 Å². The molecule has 1 rings (SSSR count). The number of hydrogen-bond acceptors (Lipinski definition) is 2. The molecule has 0 spiro atoms. The summed E-state index contributed by atoms with van der Waals surface area (Å²) in [7, 11) is 0. The molecule has 12 heavy (non-hydrogen) atoms. The largest absolute Gasteiger partial charge is 0.255 e. The van der Waals surface area contributed by atoms with Crippen LogP contribution in [0.4, 0.5) is 0 Å². The first-order chi connectivity index (χ1) is 5.74. The maximum Gasteiger partial charge on any atom is 0.138 e. The summed E-state index contributed by atoms with van der Waals surface area (Å²) in [6.07, 6.45) is 2.73. The lowest BCUT2D eigenvalue weighted by molar-refractivity contribution is 0.484. The molecule has 0 bridgehead atoms. The molecule has 0 amide bonds. The number of nitriles is 1. The van der Waals surface area contributed by atoms with Crippen LogP contribution >= 0.6 is 0 Å². The fourth-order valence-electron chi connectivity index (χ4n) is 0.986. The molecule has 64 valence electrons. The van der Waals surface area contributed by atoms with Gasteiger partial charge in [-0.25, -0.2) is 0 Å². The van der Waals surface area contributed by atoms with Crippen molar-refractivity contribution in [1.82, 2.24) is 9.78 Å².